The van der Waals surface area contributed by atoms with Gasteiger partial charge in [0.05, 0.1) is 0 Å². The molecule has 0 saturated heterocycles. The highest BCUT2D eigenvalue weighted by atomic mass is 19.4. The Morgan fingerprint density at radius 1 is 0.972 bits per heavy atom. The third kappa shape index (κ3) is 6.98. The molecule has 1 heterocycles. The van der Waals surface area contributed by atoms with Gasteiger partial charge in [-0.1, -0.05) is 41.6 Å². The number of benzene rings is 3. The van der Waals surface area contributed by atoms with E-state index in [0.29, 0.717) is 23.0 Å². The van der Waals surface area contributed by atoms with Gasteiger partial charge in [-0.3, -0.25) is 4.79 Å². The molecule has 0 bridgehead atoms. The number of carboxylic acids is 1. The van der Waals surface area contributed by atoms with Gasteiger partial charge in [-0.2, -0.15) is 4.98 Å². The molecule has 0 aliphatic carbocycles. The maximum Gasteiger partial charge on any atom is 0.573 e. The normalized spacial score (nSPS) is 11.2. The van der Waals surface area contributed by atoms with Crippen molar-refractivity contribution in [1.29, 1.82) is 0 Å². The van der Waals surface area contributed by atoms with Crippen LogP contribution in [0, 0.1) is 0 Å². The summed E-state index contributed by atoms with van der Waals surface area (Å²) in [5.41, 5.74) is 1.71. The molecule has 1 aromatic heterocycles. The van der Waals surface area contributed by atoms with E-state index in [0.717, 1.165) is 17.7 Å². The number of nitrogens with zero attached hydrogens (tertiary/aromatic N) is 3. The summed E-state index contributed by atoms with van der Waals surface area (Å²) in [6, 6.07) is 21.3. The highest BCUT2D eigenvalue weighted by Crippen LogP contribution is 2.28. The SMILES string of the molecule is O=C(O)CN(Cc1cccc(OCc2noc(-c3ccccc3)n2)c1)c1cccc(OC(F)(F)F)c1. The van der Waals surface area contributed by atoms with Crippen LogP contribution in [0.25, 0.3) is 11.5 Å². The van der Waals surface area contributed by atoms with Crippen LogP contribution in [0.15, 0.2) is 83.4 Å². The number of hydrogen-bond acceptors (Lipinski definition) is 7. The Morgan fingerprint density at radius 2 is 1.72 bits per heavy atom. The topological polar surface area (TPSA) is 97.9 Å². The van der Waals surface area contributed by atoms with Gasteiger partial charge in [0.2, 0.25) is 5.82 Å². The van der Waals surface area contributed by atoms with Crippen LogP contribution in [0.1, 0.15) is 11.4 Å². The molecule has 0 fully saturated rings. The minimum absolute atomic E-state index is 0.0372. The summed E-state index contributed by atoms with van der Waals surface area (Å²) in [7, 11) is 0. The number of anilines is 1. The summed E-state index contributed by atoms with van der Waals surface area (Å²) in [5, 5.41) is 13.2. The molecule has 186 valence electrons. The number of halogens is 3. The molecule has 0 amide bonds. The van der Waals surface area contributed by atoms with Gasteiger partial charge < -0.3 is 24.0 Å². The lowest BCUT2D eigenvalue weighted by atomic mass is 10.1. The Bertz CT molecular complexity index is 1310. The van der Waals surface area contributed by atoms with E-state index >= 15 is 0 Å². The van der Waals surface area contributed by atoms with Crippen molar-refractivity contribution in [1.82, 2.24) is 10.1 Å². The van der Waals surface area contributed by atoms with E-state index in [1.165, 1.54) is 17.0 Å². The van der Waals surface area contributed by atoms with Crippen molar-refractivity contribution in [3.63, 3.8) is 0 Å². The molecule has 0 unspecified atom stereocenters. The van der Waals surface area contributed by atoms with Crippen LogP contribution < -0.4 is 14.4 Å². The predicted octanol–water partition coefficient (Wildman–Crippen LogP) is 5.31. The van der Waals surface area contributed by atoms with Gasteiger partial charge in [0.15, 0.2) is 6.61 Å². The zero-order valence-corrected chi connectivity index (χ0v) is 18.7. The predicted molar refractivity (Wildman–Crippen MR) is 122 cm³/mol. The van der Waals surface area contributed by atoms with Crippen LogP contribution in [0.2, 0.25) is 0 Å². The fourth-order valence-corrected chi connectivity index (χ4v) is 3.39. The Hall–Kier alpha value is -4.54. The lowest BCUT2D eigenvalue weighted by molar-refractivity contribution is -0.274. The molecular formula is C25H20F3N3O5. The van der Waals surface area contributed by atoms with Crippen LogP contribution >= 0.6 is 0 Å². The first-order chi connectivity index (χ1) is 17.2. The van der Waals surface area contributed by atoms with Gasteiger partial charge in [0.1, 0.15) is 18.0 Å². The van der Waals surface area contributed by atoms with Crippen molar-refractivity contribution in [2.45, 2.75) is 19.5 Å². The standard InChI is InChI=1S/C25H20F3N3O5/c26-25(27,28)35-21-11-5-9-19(13-21)31(15-23(32)33)14-17-6-4-10-20(12-17)34-16-22-29-24(36-30-22)18-7-2-1-3-8-18/h1-13H,14-16H2,(H,32,33). The van der Waals surface area contributed by atoms with E-state index in [9.17, 15) is 23.1 Å². The van der Waals surface area contributed by atoms with E-state index in [4.69, 9.17) is 9.26 Å². The summed E-state index contributed by atoms with van der Waals surface area (Å²) >= 11 is 0. The number of carboxylic acid groups (broad SMARTS) is 1. The molecule has 8 nitrogen and oxygen atoms in total. The molecule has 0 spiro atoms. The van der Waals surface area contributed by atoms with Crippen molar-refractivity contribution in [2.75, 3.05) is 11.4 Å². The molecule has 3 aromatic carbocycles. The van der Waals surface area contributed by atoms with E-state index in [1.807, 2.05) is 30.3 Å². The summed E-state index contributed by atoms with van der Waals surface area (Å²) in [6.07, 6.45) is -4.86. The summed E-state index contributed by atoms with van der Waals surface area (Å²) in [4.78, 5) is 17.1. The lowest BCUT2D eigenvalue weighted by Crippen LogP contribution is -2.29. The fraction of sp³-hybridized carbons (Fsp3) is 0.160. The second-order valence-electron chi connectivity index (χ2n) is 7.61. The largest absolute Gasteiger partial charge is 0.573 e. The molecule has 11 heteroatoms. The maximum atomic E-state index is 12.6. The Morgan fingerprint density at radius 3 is 2.47 bits per heavy atom. The number of alkyl halides is 3. The zero-order valence-electron chi connectivity index (χ0n) is 18.7. The molecule has 36 heavy (non-hydrogen) atoms. The van der Waals surface area contributed by atoms with Crippen LogP contribution in [-0.4, -0.2) is 34.1 Å². The average molecular weight is 499 g/mol. The van der Waals surface area contributed by atoms with Crippen molar-refractivity contribution in [2.24, 2.45) is 0 Å². The Balaban J connectivity index is 1.45. The molecule has 4 aromatic rings. The minimum Gasteiger partial charge on any atom is -0.485 e. The Kier molecular flexibility index (Phi) is 7.38. The lowest BCUT2D eigenvalue weighted by Gasteiger charge is -2.24. The van der Waals surface area contributed by atoms with Crippen molar-refractivity contribution in [3.05, 3.63) is 90.3 Å². The van der Waals surface area contributed by atoms with Crippen LogP contribution in [0.4, 0.5) is 18.9 Å². The number of hydrogen-bond donors (Lipinski definition) is 1. The summed E-state index contributed by atoms with van der Waals surface area (Å²) < 4.78 is 52.8. The first-order valence-corrected chi connectivity index (χ1v) is 10.7. The maximum absolute atomic E-state index is 12.6. The third-order valence-corrected chi connectivity index (χ3v) is 4.87. The van der Waals surface area contributed by atoms with E-state index in [1.54, 1.807) is 24.3 Å². The summed E-state index contributed by atoms with van der Waals surface area (Å²) in [5.74, 6) is -0.404. The highest BCUT2D eigenvalue weighted by molar-refractivity contribution is 5.74. The summed E-state index contributed by atoms with van der Waals surface area (Å²) in [6.45, 7) is -0.305. The van der Waals surface area contributed by atoms with Crippen molar-refractivity contribution >= 4 is 11.7 Å². The number of aromatic nitrogens is 2. The number of carbonyl (C=O) groups is 1. The Labute approximate surface area is 203 Å². The average Bonchev–Trinajstić information content (AvgIpc) is 3.31. The van der Waals surface area contributed by atoms with Gasteiger partial charge in [0.25, 0.3) is 5.89 Å². The van der Waals surface area contributed by atoms with Gasteiger partial charge >= 0.3 is 12.3 Å². The molecule has 0 atom stereocenters. The molecular weight excluding hydrogens is 479 g/mol. The van der Waals surface area contributed by atoms with Crippen molar-refractivity contribution in [3.8, 4) is 23.0 Å². The molecule has 0 saturated carbocycles. The molecule has 0 radical (unpaired) electrons. The quantitative estimate of drug-likeness (QED) is 0.314. The molecule has 4 rings (SSSR count). The second-order valence-corrected chi connectivity index (χ2v) is 7.61. The van der Waals surface area contributed by atoms with Crippen molar-refractivity contribution < 1.29 is 37.1 Å². The number of aliphatic carboxylic acids is 1. The monoisotopic (exact) mass is 499 g/mol. The zero-order chi connectivity index (χ0) is 25.5. The number of ether oxygens (including phenoxy) is 2. The van der Waals surface area contributed by atoms with Crippen LogP contribution in [0.3, 0.4) is 0 Å². The fourth-order valence-electron chi connectivity index (χ4n) is 3.39. The van der Waals surface area contributed by atoms with E-state index in [-0.39, 0.29) is 18.8 Å². The van der Waals surface area contributed by atoms with Gasteiger partial charge in [-0.05, 0) is 42.0 Å². The first kappa shape index (κ1) is 24.6. The van der Waals surface area contributed by atoms with Crippen LogP contribution in [0.5, 0.6) is 11.5 Å². The van der Waals surface area contributed by atoms with Gasteiger partial charge in [0, 0.05) is 23.9 Å². The smallest absolute Gasteiger partial charge is 0.485 e. The second kappa shape index (κ2) is 10.8. The van der Waals surface area contributed by atoms with Gasteiger partial charge in [-0.15, -0.1) is 13.2 Å². The third-order valence-electron chi connectivity index (χ3n) is 4.87. The molecule has 0 aliphatic heterocycles. The number of rotatable bonds is 10. The molecule has 0 aliphatic rings. The highest BCUT2D eigenvalue weighted by Gasteiger charge is 2.31. The minimum atomic E-state index is -4.86. The first-order valence-electron chi connectivity index (χ1n) is 10.7. The van der Waals surface area contributed by atoms with E-state index < -0.39 is 24.6 Å². The van der Waals surface area contributed by atoms with E-state index in [2.05, 4.69) is 14.9 Å². The molecule has 1 N–H and O–H groups in total. The van der Waals surface area contributed by atoms with Gasteiger partial charge in [-0.25, -0.2) is 0 Å². The van der Waals surface area contributed by atoms with Crippen LogP contribution in [-0.2, 0) is 17.9 Å².